The van der Waals surface area contributed by atoms with Gasteiger partial charge in [-0.2, -0.15) is 5.10 Å². The first-order valence-electron chi connectivity index (χ1n) is 8.28. The van der Waals surface area contributed by atoms with Gasteiger partial charge in [0.25, 0.3) is 0 Å². The van der Waals surface area contributed by atoms with Gasteiger partial charge in [-0.05, 0) is 19.8 Å². The maximum Gasteiger partial charge on any atom is 0.244 e. The highest BCUT2D eigenvalue weighted by atomic mass is 35.5. The summed E-state index contributed by atoms with van der Waals surface area (Å²) in [7, 11) is -3.51. The Balaban J connectivity index is 0.00000288. The molecule has 0 aliphatic carbocycles. The largest absolute Gasteiger partial charge is 0.314 e. The van der Waals surface area contributed by atoms with Gasteiger partial charge in [0, 0.05) is 45.8 Å². The van der Waals surface area contributed by atoms with Gasteiger partial charge in [-0.3, -0.25) is 9.58 Å². The minimum absolute atomic E-state index is 0. The molecule has 10 heteroatoms. The zero-order valence-corrected chi connectivity index (χ0v) is 17.9. The van der Waals surface area contributed by atoms with E-state index < -0.39 is 10.0 Å². The number of aromatic nitrogens is 2. The van der Waals surface area contributed by atoms with Crippen LogP contribution in [0.3, 0.4) is 0 Å². The lowest BCUT2D eigenvalue weighted by Crippen LogP contribution is -2.46. The fraction of sp³-hybridized carbons (Fsp3) is 0.800. The van der Waals surface area contributed by atoms with Gasteiger partial charge in [0.15, 0.2) is 0 Å². The summed E-state index contributed by atoms with van der Waals surface area (Å²) in [5, 5.41) is 7.68. The normalized spacial score (nSPS) is 15.7. The molecule has 2 heterocycles. The highest BCUT2D eigenvalue weighted by Gasteiger charge is 2.24. The Hall–Kier alpha value is -0.380. The van der Waals surface area contributed by atoms with Crippen LogP contribution in [0.15, 0.2) is 4.90 Å². The zero-order valence-electron chi connectivity index (χ0n) is 15.4. The Morgan fingerprint density at radius 2 is 1.80 bits per heavy atom. The van der Waals surface area contributed by atoms with E-state index in [2.05, 4.69) is 33.9 Å². The summed E-state index contributed by atoms with van der Waals surface area (Å²) in [6.45, 7) is 13.5. The highest BCUT2D eigenvalue weighted by molar-refractivity contribution is 7.89. The standard InChI is InChI=1S/C15H29N5O2S.2ClH/c1-12(2)11-20-14(4)15(13(3)18-20)23(21,22)17-7-10-19-8-5-16-6-9-19;;/h12,16-17H,5-11H2,1-4H3;2*1H. The Bertz CT molecular complexity index is 628. The van der Waals surface area contributed by atoms with E-state index in [4.69, 9.17) is 0 Å². The van der Waals surface area contributed by atoms with Crippen LogP contribution in [0.4, 0.5) is 0 Å². The van der Waals surface area contributed by atoms with Crippen molar-refractivity contribution in [1.29, 1.82) is 0 Å². The first kappa shape index (κ1) is 24.6. The number of hydrogen-bond acceptors (Lipinski definition) is 5. The van der Waals surface area contributed by atoms with Crippen LogP contribution in [-0.4, -0.2) is 62.4 Å². The van der Waals surface area contributed by atoms with Gasteiger partial charge in [0.2, 0.25) is 10.0 Å². The zero-order chi connectivity index (χ0) is 17.0. The third-order valence-electron chi connectivity index (χ3n) is 4.05. The second-order valence-corrected chi connectivity index (χ2v) is 8.27. The van der Waals surface area contributed by atoms with Crippen LogP contribution in [0, 0.1) is 19.8 Å². The molecule has 0 aromatic carbocycles. The van der Waals surface area contributed by atoms with E-state index in [-0.39, 0.29) is 24.8 Å². The molecule has 7 nitrogen and oxygen atoms in total. The van der Waals surface area contributed by atoms with E-state index >= 15 is 0 Å². The summed E-state index contributed by atoms with van der Waals surface area (Å²) in [4.78, 5) is 2.60. The molecule has 148 valence electrons. The lowest BCUT2D eigenvalue weighted by Gasteiger charge is -2.27. The van der Waals surface area contributed by atoms with Crippen LogP contribution >= 0.6 is 24.8 Å². The monoisotopic (exact) mass is 415 g/mol. The maximum atomic E-state index is 12.6. The molecule has 0 radical (unpaired) electrons. The Labute approximate surface area is 163 Å². The number of hydrogen-bond donors (Lipinski definition) is 2. The van der Waals surface area contributed by atoms with E-state index in [1.807, 2.05) is 6.92 Å². The molecule has 2 rings (SSSR count). The van der Waals surface area contributed by atoms with E-state index in [1.165, 1.54) is 0 Å². The van der Waals surface area contributed by atoms with Crippen LogP contribution < -0.4 is 10.0 Å². The second kappa shape index (κ2) is 10.7. The average molecular weight is 416 g/mol. The van der Waals surface area contributed by atoms with Crippen LogP contribution in [0.25, 0.3) is 0 Å². The van der Waals surface area contributed by atoms with Gasteiger partial charge in [-0.1, -0.05) is 13.8 Å². The Morgan fingerprint density at radius 3 is 2.36 bits per heavy atom. The van der Waals surface area contributed by atoms with Gasteiger partial charge < -0.3 is 5.32 Å². The van der Waals surface area contributed by atoms with Crippen LogP contribution in [-0.2, 0) is 16.6 Å². The Kier molecular flexibility index (Phi) is 10.5. The molecular formula is C15H31Cl2N5O2S. The number of nitrogens with zero attached hydrogens (tertiary/aromatic N) is 3. The Morgan fingerprint density at radius 1 is 1.20 bits per heavy atom. The molecule has 0 amide bonds. The molecule has 1 aromatic heterocycles. The summed E-state index contributed by atoms with van der Waals surface area (Å²) < 4.78 is 29.8. The van der Waals surface area contributed by atoms with Crippen molar-refractivity contribution in [2.75, 3.05) is 39.3 Å². The predicted molar refractivity (Wildman–Crippen MR) is 106 cm³/mol. The van der Waals surface area contributed by atoms with Gasteiger partial charge in [-0.25, -0.2) is 13.1 Å². The van der Waals surface area contributed by atoms with Crippen molar-refractivity contribution in [3.63, 3.8) is 0 Å². The maximum absolute atomic E-state index is 12.6. The number of aryl methyl sites for hydroxylation is 1. The minimum atomic E-state index is -3.51. The molecule has 0 atom stereocenters. The summed E-state index contributed by atoms with van der Waals surface area (Å²) in [5.74, 6) is 0.421. The lowest BCUT2D eigenvalue weighted by atomic mass is 10.2. The molecule has 1 aliphatic heterocycles. The van der Waals surface area contributed by atoms with Crippen molar-refractivity contribution in [3.05, 3.63) is 11.4 Å². The number of nitrogens with one attached hydrogen (secondary N) is 2. The predicted octanol–water partition coefficient (Wildman–Crippen LogP) is 1.18. The second-order valence-electron chi connectivity index (χ2n) is 6.57. The highest BCUT2D eigenvalue weighted by Crippen LogP contribution is 2.20. The van der Waals surface area contributed by atoms with Crippen LogP contribution in [0.1, 0.15) is 25.2 Å². The molecule has 1 fully saturated rings. The molecule has 25 heavy (non-hydrogen) atoms. The third kappa shape index (κ3) is 6.69. The van der Waals surface area contributed by atoms with E-state index in [1.54, 1.807) is 11.6 Å². The average Bonchev–Trinajstić information content (AvgIpc) is 2.74. The molecule has 0 bridgehead atoms. The molecular weight excluding hydrogens is 385 g/mol. The topological polar surface area (TPSA) is 79.3 Å². The van der Waals surface area contributed by atoms with Crippen molar-refractivity contribution < 1.29 is 8.42 Å². The first-order valence-corrected chi connectivity index (χ1v) is 9.76. The van der Waals surface area contributed by atoms with Gasteiger partial charge >= 0.3 is 0 Å². The van der Waals surface area contributed by atoms with Gasteiger partial charge in [0.05, 0.1) is 11.4 Å². The summed E-state index contributed by atoms with van der Waals surface area (Å²) in [5.41, 5.74) is 1.28. The number of rotatable bonds is 7. The summed E-state index contributed by atoms with van der Waals surface area (Å²) >= 11 is 0. The van der Waals surface area contributed by atoms with Crippen LogP contribution in [0.5, 0.6) is 0 Å². The number of sulfonamides is 1. The SMILES string of the molecule is Cc1nn(CC(C)C)c(C)c1S(=O)(=O)NCCN1CCNCC1.Cl.Cl. The first-order chi connectivity index (χ1) is 10.8. The van der Waals surface area contributed by atoms with E-state index in [9.17, 15) is 8.42 Å². The molecule has 1 aliphatic rings. The van der Waals surface area contributed by atoms with Crippen molar-refractivity contribution in [2.45, 2.75) is 39.1 Å². The molecule has 2 N–H and O–H groups in total. The fourth-order valence-electron chi connectivity index (χ4n) is 2.94. The smallest absolute Gasteiger partial charge is 0.244 e. The minimum Gasteiger partial charge on any atom is -0.314 e. The van der Waals surface area contributed by atoms with Crippen molar-refractivity contribution in [2.24, 2.45) is 5.92 Å². The molecule has 1 saturated heterocycles. The quantitative estimate of drug-likeness (QED) is 0.698. The summed E-state index contributed by atoms with van der Waals surface area (Å²) in [6, 6.07) is 0. The number of halogens is 2. The molecule has 0 spiro atoms. The molecule has 1 aromatic rings. The van der Waals surface area contributed by atoms with Crippen molar-refractivity contribution in [3.8, 4) is 0 Å². The summed E-state index contributed by atoms with van der Waals surface area (Å²) in [6.07, 6.45) is 0. The van der Waals surface area contributed by atoms with Crippen molar-refractivity contribution >= 4 is 34.8 Å². The van der Waals surface area contributed by atoms with Gasteiger partial charge in [0.1, 0.15) is 4.90 Å². The molecule has 0 saturated carbocycles. The fourth-order valence-corrected chi connectivity index (χ4v) is 4.37. The molecule has 0 unspecified atom stereocenters. The van der Waals surface area contributed by atoms with Crippen molar-refractivity contribution in [1.82, 2.24) is 24.7 Å². The van der Waals surface area contributed by atoms with Crippen LogP contribution in [0.2, 0.25) is 0 Å². The third-order valence-corrected chi connectivity index (χ3v) is 5.76. The van der Waals surface area contributed by atoms with E-state index in [0.29, 0.717) is 28.7 Å². The number of piperazine rings is 1. The van der Waals surface area contributed by atoms with Gasteiger partial charge in [-0.15, -0.1) is 24.8 Å². The lowest BCUT2D eigenvalue weighted by molar-refractivity contribution is 0.245. The van der Waals surface area contributed by atoms with E-state index in [0.717, 1.165) is 39.3 Å².